The van der Waals surface area contributed by atoms with Gasteiger partial charge in [-0.3, -0.25) is 9.59 Å². The van der Waals surface area contributed by atoms with Crippen LogP contribution in [0.4, 0.5) is 4.79 Å². The number of nitrogens with two attached hydrogens (primary N) is 1. The van der Waals surface area contributed by atoms with E-state index in [0.29, 0.717) is 40.9 Å². The molecule has 30 heavy (non-hydrogen) atoms. The number of rotatable bonds is 9. The first-order valence-corrected chi connectivity index (χ1v) is 10.1. The fraction of sp³-hybridized carbons (Fsp3) is 0.500. The minimum Gasteiger partial charge on any atom is -0.491 e. The second-order valence-corrected chi connectivity index (χ2v) is 8.61. The molecule has 1 aromatic heterocycles. The molecule has 0 radical (unpaired) electrons. The molecule has 8 nitrogen and oxygen atoms in total. The molecule has 0 aliphatic heterocycles. The summed E-state index contributed by atoms with van der Waals surface area (Å²) in [6, 6.07) is 5.12. The molecule has 0 aliphatic carbocycles. The van der Waals surface area contributed by atoms with E-state index in [2.05, 4.69) is 5.32 Å². The van der Waals surface area contributed by atoms with Gasteiger partial charge in [-0.2, -0.15) is 0 Å². The molecule has 164 valence electrons. The van der Waals surface area contributed by atoms with E-state index in [1.54, 1.807) is 22.8 Å². The SMILES string of the molecule is CCCCOc1c(CNC(=O)O)n(CC(C)(C)C)c(=O)c2ccc(CC(N)=O)cc12. The van der Waals surface area contributed by atoms with Gasteiger partial charge in [-0.25, -0.2) is 4.79 Å². The van der Waals surface area contributed by atoms with Crippen LogP contribution < -0.4 is 21.3 Å². The molecule has 0 bridgehead atoms. The Kier molecular flexibility index (Phi) is 7.48. The van der Waals surface area contributed by atoms with Crippen LogP contribution in [0.15, 0.2) is 23.0 Å². The smallest absolute Gasteiger partial charge is 0.404 e. The molecular formula is C22H31N3O5. The van der Waals surface area contributed by atoms with Crippen molar-refractivity contribution >= 4 is 22.8 Å². The molecule has 1 aromatic carbocycles. The van der Waals surface area contributed by atoms with Crippen molar-refractivity contribution in [2.75, 3.05) is 6.61 Å². The number of nitrogens with one attached hydrogen (secondary N) is 1. The van der Waals surface area contributed by atoms with Gasteiger partial charge >= 0.3 is 6.09 Å². The van der Waals surface area contributed by atoms with E-state index in [-0.39, 0.29) is 23.9 Å². The van der Waals surface area contributed by atoms with Crippen molar-refractivity contribution in [3.05, 3.63) is 39.8 Å². The highest BCUT2D eigenvalue weighted by atomic mass is 16.5. The second kappa shape index (κ2) is 9.65. The normalized spacial score (nSPS) is 11.5. The molecule has 0 atom stereocenters. The summed E-state index contributed by atoms with van der Waals surface area (Å²) in [5.41, 5.74) is 6.02. The number of carboxylic acid groups (broad SMARTS) is 1. The largest absolute Gasteiger partial charge is 0.491 e. The summed E-state index contributed by atoms with van der Waals surface area (Å²) in [4.78, 5) is 35.9. The maximum Gasteiger partial charge on any atom is 0.404 e. The molecule has 4 N–H and O–H groups in total. The second-order valence-electron chi connectivity index (χ2n) is 8.61. The average molecular weight is 418 g/mol. The molecule has 0 spiro atoms. The summed E-state index contributed by atoms with van der Waals surface area (Å²) >= 11 is 0. The van der Waals surface area contributed by atoms with Gasteiger partial charge < -0.3 is 25.5 Å². The van der Waals surface area contributed by atoms with Crippen LogP contribution in [0.1, 0.15) is 51.8 Å². The topological polar surface area (TPSA) is 124 Å². The van der Waals surface area contributed by atoms with Crippen molar-refractivity contribution < 1.29 is 19.4 Å². The summed E-state index contributed by atoms with van der Waals surface area (Å²) in [5, 5.41) is 12.5. The average Bonchev–Trinajstić information content (AvgIpc) is 2.62. The molecule has 0 saturated carbocycles. The lowest BCUT2D eigenvalue weighted by Crippen LogP contribution is -2.33. The van der Waals surface area contributed by atoms with Crippen LogP contribution >= 0.6 is 0 Å². The van der Waals surface area contributed by atoms with Crippen LogP contribution in [0.5, 0.6) is 5.75 Å². The van der Waals surface area contributed by atoms with Crippen LogP contribution in [0, 0.1) is 5.41 Å². The minimum absolute atomic E-state index is 0.0398. The molecule has 0 aliphatic rings. The fourth-order valence-electron chi connectivity index (χ4n) is 3.28. The van der Waals surface area contributed by atoms with E-state index in [1.807, 2.05) is 27.7 Å². The van der Waals surface area contributed by atoms with E-state index in [0.717, 1.165) is 12.8 Å². The zero-order valence-corrected chi connectivity index (χ0v) is 18.1. The number of carbonyl (C=O) groups is 2. The molecule has 8 heteroatoms. The van der Waals surface area contributed by atoms with Crippen LogP contribution in [0.3, 0.4) is 0 Å². The molecular weight excluding hydrogens is 386 g/mol. The van der Waals surface area contributed by atoms with E-state index in [4.69, 9.17) is 15.6 Å². The lowest BCUT2D eigenvalue weighted by atomic mass is 9.95. The third-order valence-corrected chi connectivity index (χ3v) is 4.55. The van der Waals surface area contributed by atoms with E-state index >= 15 is 0 Å². The monoisotopic (exact) mass is 417 g/mol. The van der Waals surface area contributed by atoms with Crippen molar-refractivity contribution in [3.63, 3.8) is 0 Å². The van der Waals surface area contributed by atoms with E-state index in [9.17, 15) is 14.4 Å². The number of carbonyl (C=O) groups excluding carboxylic acids is 1. The lowest BCUT2D eigenvalue weighted by Gasteiger charge is -2.25. The number of fused-ring (bicyclic) bond motifs is 1. The molecule has 0 unspecified atom stereocenters. The Morgan fingerprint density at radius 1 is 1.23 bits per heavy atom. The van der Waals surface area contributed by atoms with Gasteiger partial charge in [0.2, 0.25) is 5.91 Å². The number of pyridine rings is 1. The highest BCUT2D eigenvalue weighted by molar-refractivity contribution is 5.90. The third-order valence-electron chi connectivity index (χ3n) is 4.55. The van der Waals surface area contributed by atoms with Crippen molar-refractivity contribution in [1.29, 1.82) is 0 Å². The molecule has 0 saturated heterocycles. The number of nitrogens with zero attached hydrogens (tertiary/aromatic N) is 1. The lowest BCUT2D eigenvalue weighted by molar-refractivity contribution is -0.117. The Balaban J connectivity index is 2.79. The van der Waals surface area contributed by atoms with Crippen LogP contribution in [0.2, 0.25) is 0 Å². The Morgan fingerprint density at radius 2 is 1.93 bits per heavy atom. The highest BCUT2D eigenvalue weighted by Crippen LogP contribution is 2.31. The van der Waals surface area contributed by atoms with Crippen molar-refractivity contribution in [2.24, 2.45) is 11.1 Å². The summed E-state index contributed by atoms with van der Waals surface area (Å²) in [6.07, 6.45) is 0.590. The molecule has 1 heterocycles. The zero-order valence-electron chi connectivity index (χ0n) is 18.1. The maximum absolute atomic E-state index is 13.3. The minimum atomic E-state index is -1.19. The van der Waals surface area contributed by atoms with Crippen LogP contribution in [0.25, 0.3) is 10.8 Å². The number of aromatic nitrogens is 1. The molecule has 2 aromatic rings. The summed E-state index contributed by atoms with van der Waals surface area (Å²) in [6.45, 7) is 8.81. The van der Waals surface area contributed by atoms with Crippen LogP contribution in [-0.4, -0.2) is 28.3 Å². The van der Waals surface area contributed by atoms with Gasteiger partial charge in [-0.1, -0.05) is 40.2 Å². The molecule has 0 fully saturated rings. The fourth-order valence-corrected chi connectivity index (χ4v) is 3.28. The Labute approximate surface area is 176 Å². The number of amides is 2. The van der Waals surface area contributed by atoms with Crippen LogP contribution in [-0.2, 0) is 24.3 Å². The summed E-state index contributed by atoms with van der Waals surface area (Å²) in [5.74, 6) is -0.0148. The number of ether oxygens (including phenoxy) is 1. The highest BCUT2D eigenvalue weighted by Gasteiger charge is 2.22. The molecule has 2 rings (SSSR count). The van der Waals surface area contributed by atoms with E-state index < -0.39 is 12.0 Å². The number of primary amides is 1. The van der Waals surface area contributed by atoms with Gasteiger partial charge in [0, 0.05) is 11.9 Å². The quantitative estimate of drug-likeness (QED) is 0.541. The number of hydrogen-bond acceptors (Lipinski definition) is 4. The summed E-state index contributed by atoms with van der Waals surface area (Å²) < 4.78 is 7.68. The van der Waals surface area contributed by atoms with Crippen molar-refractivity contribution in [3.8, 4) is 5.75 Å². The van der Waals surface area contributed by atoms with E-state index in [1.165, 1.54) is 0 Å². The Bertz CT molecular complexity index is 989. The van der Waals surface area contributed by atoms with Gasteiger partial charge in [0.25, 0.3) is 5.56 Å². The standard InChI is InChI=1S/C22H31N3O5/c1-5-6-9-30-19-16-10-14(11-18(23)26)7-8-15(16)20(27)25(13-22(2,3)4)17(19)12-24-21(28)29/h7-8,10,24H,5-6,9,11-13H2,1-4H3,(H2,23,26)(H,28,29). The van der Waals surface area contributed by atoms with Gasteiger partial charge in [-0.05, 0) is 29.5 Å². The Hall–Kier alpha value is -3.03. The van der Waals surface area contributed by atoms with Gasteiger partial charge in [0.1, 0.15) is 5.75 Å². The predicted molar refractivity (Wildman–Crippen MR) is 116 cm³/mol. The number of hydrogen-bond donors (Lipinski definition) is 3. The number of benzene rings is 1. The van der Waals surface area contributed by atoms with Gasteiger partial charge in [0.05, 0.1) is 30.7 Å². The maximum atomic E-state index is 13.3. The van der Waals surface area contributed by atoms with Crippen molar-refractivity contribution in [2.45, 2.75) is 60.0 Å². The summed E-state index contributed by atoms with van der Waals surface area (Å²) in [7, 11) is 0. The van der Waals surface area contributed by atoms with Gasteiger partial charge in [-0.15, -0.1) is 0 Å². The number of unbranched alkanes of at least 4 members (excludes halogenated alkanes) is 1. The van der Waals surface area contributed by atoms with Gasteiger partial charge in [0.15, 0.2) is 0 Å². The molecule has 2 amide bonds. The third kappa shape index (κ3) is 5.98. The first kappa shape index (κ1) is 23.3. The Morgan fingerprint density at radius 3 is 2.50 bits per heavy atom. The van der Waals surface area contributed by atoms with Crippen molar-refractivity contribution in [1.82, 2.24) is 9.88 Å². The first-order valence-electron chi connectivity index (χ1n) is 10.1. The predicted octanol–water partition coefficient (Wildman–Crippen LogP) is 3.02. The first-order chi connectivity index (χ1) is 14.0. The zero-order chi connectivity index (χ0) is 22.5.